The van der Waals surface area contributed by atoms with Crippen molar-refractivity contribution in [1.29, 1.82) is 0 Å². The standard InChI is InChI=1S/C26H34BBr2N3O4/c1-18(2)15-24(27-35-13-6-11-30-12-14-36-27)32-26(34)23(16-19-7-4-3-5-8-19)31-25(33)21-17-20(28)9-10-22(21)29/h3-5,7-10,17-18,23-24,30H,6,11-16H2,1-2H3,(H,31,33)(H,32,34)/t23-,24-/m0/s1. The van der Waals surface area contributed by atoms with Gasteiger partial charge in [0.2, 0.25) is 5.91 Å². The second-order valence-electron chi connectivity index (χ2n) is 9.30. The summed E-state index contributed by atoms with van der Waals surface area (Å²) in [6.45, 7) is 6.84. The number of amides is 2. The molecule has 0 bridgehead atoms. The third kappa shape index (κ3) is 9.30. The highest BCUT2D eigenvalue weighted by Crippen LogP contribution is 2.22. The van der Waals surface area contributed by atoms with Crippen molar-refractivity contribution in [2.75, 3.05) is 26.3 Å². The van der Waals surface area contributed by atoms with Crippen molar-refractivity contribution >= 4 is 50.8 Å². The van der Waals surface area contributed by atoms with E-state index in [1.807, 2.05) is 36.4 Å². The summed E-state index contributed by atoms with van der Waals surface area (Å²) < 4.78 is 13.5. The first-order valence-corrected chi connectivity index (χ1v) is 14.0. The fourth-order valence-electron chi connectivity index (χ4n) is 4.05. The van der Waals surface area contributed by atoms with Crippen molar-refractivity contribution in [2.24, 2.45) is 5.92 Å². The molecule has 2 aromatic carbocycles. The molecule has 1 fully saturated rings. The van der Waals surface area contributed by atoms with E-state index in [0.717, 1.165) is 29.5 Å². The number of hydrogen-bond donors (Lipinski definition) is 3. The first-order valence-electron chi connectivity index (χ1n) is 12.4. The molecule has 7 nitrogen and oxygen atoms in total. The molecule has 2 atom stereocenters. The largest absolute Gasteiger partial charge is 0.480 e. The topological polar surface area (TPSA) is 88.7 Å². The zero-order chi connectivity index (χ0) is 25.9. The van der Waals surface area contributed by atoms with Crippen LogP contribution in [-0.2, 0) is 20.5 Å². The molecule has 0 radical (unpaired) electrons. The maximum absolute atomic E-state index is 13.7. The Kier molecular flexibility index (Phi) is 11.9. The van der Waals surface area contributed by atoms with E-state index in [0.29, 0.717) is 42.0 Å². The van der Waals surface area contributed by atoms with Crippen LogP contribution in [0.5, 0.6) is 0 Å². The number of carbonyl (C=O) groups is 2. The van der Waals surface area contributed by atoms with Crippen molar-refractivity contribution in [2.45, 2.75) is 45.1 Å². The molecule has 2 amide bonds. The summed E-state index contributed by atoms with van der Waals surface area (Å²) in [5.74, 6) is -0.633. The lowest BCUT2D eigenvalue weighted by molar-refractivity contribution is -0.123. The summed E-state index contributed by atoms with van der Waals surface area (Å²) in [5, 5.41) is 9.41. The van der Waals surface area contributed by atoms with Crippen molar-refractivity contribution in [3.8, 4) is 0 Å². The molecule has 1 aliphatic heterocycles. The summed E-state index contributed by atoms with van der Waals surface area (Å²) in [7, 11) is -0.552. The highest BCUT2D eigenvalue weighted by molar-refractivity contribution is 9.11. The second-order valence-corrected chi connectivity index (χ2v) is 11.1. The minimum absolute atomic E-state index is 0.269. The molecule has 1 saturated heterocycles. The van der Waals surface area contributed by atoms with Crippen LogP contribution in [0.1, 0.15) is 42.6 Å². The molecule has 0 unspecified atom stereocenters. The molecule has 194 valence electrons. The average Bonchev–Trinajstić information content (AvgIpc) is 2.99. The summed E-state index contributed by atoms with van der Waals surface area (Å²) in [4.78, 5) is 26.9. The zero-order valence-electron chi connectivity index (χ0n) is 20.8. The molecule has 10 heteroatoms. The third-order valence-corrected chi connectivity index (χ3v) is 6.98. The van der Waals surface area contributed by atoms with Crippen LogP contribution >= 0.6 is 31.9 Å². The maximum atomic E-state index is 13.7. The maximum Gasteiger partial charge on any atom is 0.480 e. The van der Waals surface area contributed by atoms with Gasteiger partial charge < -0.3 is 25.3 Å². The van der Waals surface area contributed by atoms with Crippen molar-refractivity contribution in [3.63, 3.8) is 0 Å². The molecule has 36 heavy (non-hydrogen) atoms. The molecule has 0 saturated carbocycles. The molecular weight excluding hydrogens is 589 g/mol. The fourth-order valence-corrected chi connectivity index (χ4v) is 4.83. The predicted octanol–water partition coefficient (Wildman–Crippen LogP) is 4.14. The first kappa shape index (κ1) is 28.9. The van der Waals surface area contributed by atoms with E-state index in [9.17, 15) is 9.59 Å². The molecule has 3 N–H and O–H groups in total. The summed E-state index contributed by atoms with van der Waals surface area (Å²) in [5.41, 5.74) is 1.40. The highest BCUT2D eigenvalue weighted by atomic mass is 79.9. The van der Waals surface area contributed by atoms with Crippen molar-refractivity contribution in [3.05, 3.63) is 68.6 Å². The third-order valence-electron chi connectivity index (χ3n) is 5.80. The Bertz CT molecular complexity index is 986. The molecule has 0 aliphatic carbocycles. The van der Waals surface area contributed by atoms with Gasteiger partial charge in [-0.3, -0.25) is 9.59 Å². The number of halogens is 2. The average molecular weight is 623 g/mol. The normalized spacial score (nSPS) is 16.4. The monoisotopic (exact) mass is 621 g/mol. The predicted molar refractivity (Wildman–Crippen MR) is 150 cm³/mol. The van der Waals surface area contributed by atoms with E-state index < -0.39 is 13.2 Å². The van der Waals surface area contributed by atoms with E-state index >= 15 is 0 Å². The lowest BCUT2D eigenvalue weighted by Crippen LogP contribution is -2.56. The molecule has 0 aromatic heterocycles. The number of carbonyl (C=O) groups excluding carboxylic acids is 2. The molecule has 1 heterocycles. The van der Waals surface area contributed by atoms with Gasteiger partial charge >= 0.3 is 7.12 Å². The summed E-state index contributed by atoms with van der Waals surface area (Å²) in [6, 6.07) is 14.3. The smallest absolute Gasteiger partial charge is 0.410 e. The van der Waals surface area contributed by atoms with Crippen LogP contribution in [0.25, 0.3) is 0 Å². The number of benzene rings is 2. The van der Waals surface area contributed by atoms with Gasteiger partial charge in [0, 0.05) is 35.1 Å². The van der Waals surface area contributed by atoms with Gasteiger partial charge in [0.25, 0.3) is 5.91 Å². The Balaban J connectivity index is 1.81. The minimum Gasteiger partial charge on any atom is -0.410 e. The molecule has 3 rings (SSSR count). The van der Waals surface area contributed by atoms with Gasteiger partial charge in [-0.05, 0) is 65.0 Å². The van der Waals surface area contributed by atoms with Crippen LogP contribution in [0.3, 0.4) is 0 Å². The van der Waals surface area contributed by atoms with E-state index in [1.165, 1.54) is 0 Å². The number of rotatable bonds is 9. The van der Waals surface area contributed by atoms with E-state index in [1.54, 1.807) is 12.1 Å². The van der Waals surface area contributed by atoms with E-state index in [2.05, 4.69) is 61.7 Å². The van der Waals surface area contributed by atoms with E-state index in [4.69, 9.17) is 9.31 Å². The quantitative estimate of drug-likeness (QED) is 0.366. The van der Waals surface area contributed by atoms with Gasteiger partial charge in [-0.15, -0.1) is 0 Å². The van der Waals surface area contributed by atoms with Gasteiger partial charge in [-0.25, -0.2) is 0 Å². The van der Waals surface area contributed by atoms with Gasteiger partial charge in [-0.1, -0.05) is 60.1 Å². The van der Waals surface area contributed by atoms with Gasteiger partial charge in [-0.2, -0.15) is 0 Å². The SMILES string of the molecule is CC(C)C[C@H](NC(=O)[C@H](Cc1ccccc1)NC(=O)c1cc(Br)ccc1Br)B1OCCCNCCO1. The Morgan fingerprint density at radius 1 is 1.03 bits per heavy atom. The van der Waals surface area contributed by atoms with Crippen LogP contribution in [0.15, 0.2) is 57.5 Å². The van der Waals surface area contributed by atoms with Crippen LogP contribution in [0, 0.1) is 5.92 Å². The van der Waals surface area contributed by atoms with Crippen molar-refractivity contribution < 1.29 is 18.9 Å². The van der Waals surface area contributed by atoms with Crippen LogP contribution in [0.2, 0.25) is 0 Å². The van der Waals surface area contributed by atoms with Crippen molar-refractivity contribution in [1.82, 2.24) is 16.0 Å². The lowest BCUT2D eigenvalue weighted by atomic mass is 9.73. The van der Waals surface area contributed by atoms with Crippen LogP contribution < -0.4 is 16.0 Å². The summed E-state index contributed by atoms with van der Waals surface area (Å²) in [6.07, 6.45) is 1.91. The first-order chi connectivity index (χ1) is 17.3. The van der Waals surface area contributed by atoms with Crippen LogP contribution in [0.4, 0.5) is 0 Å². The molecule has 2 aromatic rings. The van der Waals surface area contributed by atoms with Gasteiger partial charge in [0.15, 0.2) is 0 Å². The lowest BCUT2D eigenvalue weighted by Gasteiger charge is -2.28. The molecular formula is C26H34BBr2N3O4. The summed E-state index contributed by atoms with van der Waals surface area (Å²) >= 11 is 6.86. The van der Waals surface area contributed by atoms with Crippen LogP contribution in [-0.4, -0.2) is 57.2 Å². The van der Waals surface area contributed by atoms with Gasteiger partial charge in [0.1, 0.15) is 6.04 Å². The fraction of sp³-hybridized carbons (Fsp3) is 0.462. The number of hydrogen-bond acceptors (Lipinski definition) is 5. The molecule has 0 spiro atoms. The Hall–Kier alpha value is -1.72. The molecule has 1 aliphatic rings. The second kappa shape index (κ2) is 14.9. The Morgan fingerprint density at radius 2 is 1.78 bits per heavy atom. The minimum atomic E-state index is -0.779. The number of nitrogens with one attached hydrogen (secondary N) is 3. The zero-order valence-corrected chi connectivity index (χ0v) is 23.9. The van der Waals surface area contributed by atoms with Gasteiger partial charge in [0.05, 0.1) is 11.5 Å². The highest BCUT2D eigenvalue weighted by Gasteiger charge is 2.35. The Morgan fingerprint density at radius 3 is 2.53 bits per heavy atom. The Labute approximate surface area is 230 Å². The van der Waals surface area contributed by atoms with E-state index in [-0.39, 0.29) is 17.8 Å².